The molecule has 1 aliphatic rings. The summed E-state index contributed by atoms with van der Waals surface area (Å²) in [5, 5.41) is 7.20. The topological polar surface area (TPSA) is 16.4 Å². The fraction of sp³-hybridized carbons (Fsp3) is 0.0492. The molecule has 12 aromatic rings. The molecule has 0 saturated carbocycles. The van der Waals surface area contributed by atoms with Crippen LogP contribution in [0.4, 0.5) is 17.1 Å². The third-order valence-electron chi connectivity index (χ3n) is 13.7. The molecular weight excluding hydrogens is 795 g/mol. The second kappa shape index (κ2) is 14.2. The monoisotopic (exact) mass is 835 g/mol. The lowest BCUT2D eigenvalue weighted by molar-refractivity contribution is 0.662. The van der Waals surface area contributed by atoms with E-state index >= 15 is 0 Å². The highest BCUT2D eigenvalue weighted by Gasteiger charge is 2.37. The van der Waals surface area contributed by atoms with Gasteiger partial charge in [-0.15, -0.1) is 11.3 Å². The van der Waals surface area contributed by atoms with Gasteiger partial charge in [-0.05, 0) is 128 Å². The van der Waals surface area contributed by atoms with Crippen LogP contribution in [0.5, 0.6) is 0 Å². The SMILES string of the molecule is CC1(C)c2ccccc2-c2cccc(-c3ccc(N(c4ccc(-c5ccc6sc7ccccc7c6c5)cc4)c4cccc(-c5cccc6oc7c8ccccc8ccc7c56)c4)cc3)c21. The molecule has 0 bridgehead atoms. The Balaban J connectivity index is 0.937. The zero-order valence-electron chi connectivity index (χ0n) is 35.5. The number of furan rings is 1. The van der Waals surface area contributed by atoms with Gasteiger partial charge in [0.25, 0.3) is 0 Å². The van der Waals surface area contributed by atoms with Crippen LogP contribution in [0.3, 0.4) is 0 Å². The van der Waals surface area contributed by atoms with E-state index in [4.69, 9.17) is 4.42 Å². The third kappa shape index (κ3) is 5.64. The fourth-order valence-electron chi connectivity index (χ4n) is 10.6. The molecule has 0 radical (unpaired) electrons. The number of anilines is 3. The summed E-state index contributed by atoms with van der Waals surface area (Å²) in [6.07, 6.45) is 0. The van der Waals surface area contributed by atoms with Gasteiger partial charge in [-0.3, -0.25) is 0 Å². The minimum absolute atomic E-state index is 0.104. The summed E-state index contributed by atoms with van der Waals surface area (Å²) in [7, 11) is 0. The zero-order valence-corrected chi connectivity index (χ0v) is 36.3. The van der Waals surface area contributed by atoms with Gasteiger partial charge in [0.15, 0.2) is 0 Å². The van der Waals surface area contributed by atoms with Crippen LogP contribution in [-0.2, 0) is 5.41 Å². The van der Waals surface area contributed by atoms with Crippen LogP contribution >= 0.6 is 11.3 Å². The van der Waals surface area contributed by atoms with Crippen LogP contribution in [0.15, 0.2) is 217 Å². The minimum atomic E-state index is -0.104. The van der Waals surface area contributed by atoms with Gasteiger partial charge < -0.3 is 9.32 Å². The van der Waals surface area contributed by atoms with Crippen molar-refractivity contribution in [1.29, 1.82) is 0 Å². The van der Waals surface area contributed by atoms with Crippen molar-refractivity contribution in [3.63, 3.8) is 0 Å². The van der Waals surface area contributed by atoms with Gasteiger partial charge in [-0.1, -0.05) is 159 Å². The standard InChI is InChI=1S/C61H41NOS/c1-61(2)54-21-7-5-16-49(54)51-20-10-19-47(59(51)61)40-26-32-44(33-27-40)62(43-30-24-38(25-31-43)41-29-35-57-53(37-41)50-17-6-8-23-56(50)64-57)45-14-9-13-42(36-45)46-18-11-22-55-58(46)52-34-28-39-12-3-4-15-48(39)60(52)63-55/h3-37H,1-2H3. The zero-order chi connectivity index (χ0) is 42.5. The average Bonchev–Trinajstić information content (AvgIpc) is 4.00. The summed E-state index contributed by atoms with van der Waals surface area (Å²) < 4.78 is 9.27. The number of fused-ring (bicyclic) bond motifs is 11. The van der Waals surface area contributed by atoms with E-state index in [0.717, 1.165) is 55.5 Å². The summed E-state index contributed by atoms with van der Waals surface area (Å²) in [6.45, 7) is 4.73. The molecule has 1 aliphatic carbocycles. The molecule has 0 atom stereocenters. The second-order valence-electron chi connectivity index (χ2n) is 17.6. The van der Waals surface area contributed by atoms with Crippen molar-refractivity contribution in [3.8, 4) is 44.5 Å². The lowest BCUT2D eigenvalue weighted by Gasteiger charge is -2.27. The molecule has 302 valence electrons. The Morgan fingerprint density at radius 1 is 0.406 bits per heavy atom. The van der Waals surface area contributed by atoms with Gasteiger partial charge in [0, 0.05) is 58.8 Å². The Bertz CT molecular complexity index is 3810. The van der Waals surface area contributed by atoms with Crippen molar-refractivity contribution in [1.82, 2.24) is 0 Å². The summed E-state index contributed by atoms with van der Waals surface area (Å²) >= 11 is 1.86. The maximum atomic E-state index is 6.63. The van der Waals surface area contributed by atoms with E-state index in [1.54, 1.807) is 0 Å². The Morgan fingerprint density at radius 2 is 1.06 bits per heavy atom. The average molecular weight is 836 g/mol. The molecule has 0 saturated heterocycles. The van der Waals surface area contributed by atoms with E-state index in [1.165, 1.54) is 70.1 Å². The molecule has 3 heteroatoms. The summed E-state index contributed by atoms with van der Waals surface area (Å²) in [5.74, 6) is 0. The van der Waals surface area contributed by atoms with Crippen molar-refractivity contribution in [3.05, 3.63) is 223 Å². The van der Waals surface area contributed by atoms with Crippen LogP contribution in [0, 0.1) is 0 Å². The summed E-state index contributed by atoms with van der Waals surface area (Å²) in [4.78, 5) is 2.39. The molecule has 0 N–H and O–H groups in total. The van der Waals surface area contributed by atoms with Gasteiger partial charge in [-0.2, -0.15) is 0 Å². The predicted octanol–water partition coefficient (Wildman–Crippen LogP) is 17.9. The first-order chi connectivity index (χ1) is 31.5. The van der Waals surface area contributed by atoms with Gasteiger partial charge in [0.2, 0.25) is 0 Å². The van der Waals surface area contributed by atoms with E-state index in [1.807, 2.05) is 11.3 Å². The Labute approximate surface area is 375 Å². The summed E-state index contributed by atoms with van der Waals surface area (Å²) in [6, 6.07) is 77.8. The highest BCUT2D eigenvalue weighted by Crippen LogP contribution is 2.52. The first-order valence-corrected chi connectivity index (χ1v) is 22.9. The van der Waals surface area contributed by atoms with Gasteiger partial charge in [-0.25, -0.2) is 0 Å². The number of rotatable bonds is 6. The van der Waals surface area contributed by atoms with Gasteiger partial charge in [0.05, 0.1) is 0 Å². The molecule has 64 heavy (non-hydrogen) atoms. The van der Waals surface area contributed by atoms with Crippen molar-refractivity contribution < 1.29 is 4.42 Å². The highest BCUT2D eigenvalue weighted by atomic mass is 32.1. The molecule has 10 aromatic carbocycles. The second-order valence-corrected chi connectivity index (χ2v) is 18.7. The third-order valence-corrected chi connectivity index (χ3v) is 14.8. The molecule has 0 amide bonds. The van der Waals surface area contributed by atoms with Crippen LogP contribution in [-0.4, -0.2) is 0 Å². The minimum Gasteiger partial charge on any atom is -0.455 e. The van der Waals surface area contributed by atoms with Crippen LogP contribution in [0.2, 0.25) is 0 Å². The Morgan fingerprint density at radius 3 is 1.92 bits per heavy atom. The maximum absolute atomic E-state index is 6.63. The molecule has 0 unspecified atom stereocenters. The number of hydrogen-bond acceptors (Lipinski definition) is 3. The number of thiophene rings is 1. The lowest BCUT2D eigenvalue weighted by atomic mass is 9.79. The van der Waals surface area contributed by atoms with Gasteiger partial charge >= 0.3 is 0 Å². The predicted molar refractivity (Wildman–Crippen MR) is 273 cm³/mol. The highest BCUT2D eigenvalue weighted by molar-refractivity contribution is 7.25. The molecule has 0 fully saturated rings. The summed E-state index contributed by atoms with van der Waals surface area (Å²) in [5.41, 5.74) is 17.6. The van der Waals surface area contributed by atoms with Crippen LogP contribution in [0.1, 0.15) is 25.0 Å². The first kappa shape index (κ1) is 36.9. The number of nitrogens with zero attached hydrogens (tertiary/aromatic N) is 1. The van der Waals surface area contributed by atoms with Crippen molar-refractivity contribution in [2.24, 2.45) is 0 Å². The van der Waals surface area contributed by atoms with E-state index in [-0.39, 0.29) is 5.41 Å². The van der Waals surface area contributed by atoms with Crippen molar-refractivity contribution >= 4 is 81.3 Å². The van der Waals surface area contributed by atoms with Crippen LogP contribution < -0.4 is 4.90 Å². The quantitative estimate of drug-likeness (QED) is 0.166. The molecular formula is C61H41NOS. The van der Waals surface area contributed by atoms with Crippen LogP contribution in [0.25, 0.3) is 97.4 Å². The Kier molecular flexibility index (Phi) is 8.16. The Hall–Kier alpha value is -7.72. The molecule has 2 aromatic heterocycles. The van der Waals surface area contributed by atoms with E-state index in [2.05, 4.69) is 231 Å². The molecule has 2 nitrogen and oxygen atoms in total. The smallest absolute Gasteiger partial charge is 0.143 e. The number of hydrogen-bond donors (Lipinski definition) is 0. The number of benzene rings is 10. The first-order valence-electron chi connectivity index (χ1n) is 22.1. The van der Waals surface area contributed by atoms with E-state index < -0.39 is 0 Å². The lowest BCUT2D eigenvalue weighted by Crippen LogP contribution is -2.16. The molecule has 13 rings (SSSR count). The molecule has 0 spiro atoms. The van der Waals surface area contributed by atoms with Crippen molar-refractivity contribution in [2.75, 3.05) is 4.90 Å². The fourth-order valence-corrected chi connectivity index (χ4v) is 11.7. The van der Waals surface area contributed by atoms with E-state index in [9.17, 15) is 0 Å². The molecule has 2 heterocycles. The van der Waals surface area contributed by atoms with Crippen molar-refractivity contribution in [2.45, 2.75) is 19.3 Å². The normalized spacial score (nSPS) is 13.0. The largest absolute Gasteiger partial charge is 0.455 e. The maximum Gasteiger partial charge on any atom is 0.143 e. The molecule has 0 aliphatic heterocycles. The van der Waals surface area contributed by atoms with Gasteiger partial charge in [0.1, 0.15) is 11.2 Å². The van der Waals surface area contributed by atoms with E-state index in [0.29, 0.717) is 0 Å².